The number of furan rings is 1. The lowest BCUT2D eigenvalue weighted by molar-refractivity contribution is -0.0252. The molecule has 1 amide bonds. The van der Waals surface area contributed by atoms with Crippen LogP contribution in [-0.2, 0) is 4.74 Å². The van der Waals surface area contributed by atoms with E-state index in [4.69, 9.17) is 9.15 Å². The fourth-order valence-corrected chi connectivity index (χ4v) is 3.58. The highest BCUT2D eigenvalue weighted by atomic mass is 16.5. The van der Waals surface area contributed by atoms with Crippen molar-refractivity contribution in [1.82, 2.24) is 9.80 Å². The molecule has 0 bridgehead atoms. The zero-order valence-electron chi connectivity index (χ0n) is 12.7. The summed E-state index contributed by atoms with van der Waals surface area (Å²) in [6.07, 6.45) is 6.83. The summed E-state index contributed by atoms with van der Waals surface area (Å²) < 4.78 is 10.9. The van der Waals surface area contributed by atoms with Gasteiger partial charge in [-0.25, -0.2) is 0 Å². The highest BCUT2D eigenvalue weighted by Crippen LogP contribution is 2.26. The first kappa shape index (κ1) is 14.6. The molecule has 3 rings (SSSR count). The predicted octanol–water partition coefficient (Wildman–Crippen LogP) is 1.99. The van der Waals surface area contributed by atoms with Gasteiger partial charge < -0.3 is 14.1 Å². The summed E-state index contributed by atoms with van der Waals surface area (Å²) in [5.74, 6) is 0.447. The van der Waals surface area contributed by atoms with Gasteiger partial charge in [0.2, 0.25) is 0 Å². The van der Waals surface area contributed by atoms with Crippen molar-refractivity contribution in [1.29, 1.82) is 0 Å². The van der Waals surface area contributed by atoms with E-state index in [1.807, 2.05) is 12.0 Å². The Balaban J connectivity index is 1.56. The number of hydrogen-bond acceptors (Lipinski definition) is 4. The van der Waals surface area contributed by atoms with Crippen molar-refractivity contribution < 1.29 is 13.9 Å². The number of amides is 1. The molecule has 5 heteroatoms. The molecule has 0 aromatic carbocycles. The number of carbonyl (C=O) groups excluding carboxylic acids is 1. The van der Waals surface area contributed by atoms with Crippen LogP contribution in [0.2, 0.25) is 0 Å². The second-order valence-corrected chi connectivity index (χ2v) is 5.93. The lowest BCUT2D eigenvalue weighted by Crippen LogP contribution is -2.55. The van der Waals surface area contributed by atoms with E-state index >= 15 is 0 Å². The van der Waals surface area contributed by atoms with Gasteiger partial charge in [0.15, 0.2) is 5.76 Å². The topological polar surface area (TPSA) is 45.9 Å². The Morgan fingerprint density at radius 2 is 2.00 bits per heavy atom. The molecule has 1 aromatic rings. The highest BCUT2D eigenvalue weighted by Gasteiger charge is 2.33. The van der Waals surface area contributed by atoms with E-state index < -0.39 is 0 Å². The summed E-state index contributed by atoms with van der Waals surface area (Å²) in [5.41, 5.74) is 0. The SMILES string of the molecule is CO[C@H]1CCCC[C@@H]1N1CCN(C(=O)c2ccco2)CC1. The molecule has 0 spiro atoms. The van der Waals surface area contributed by atoms with E-state index in [2.05, 4.69) is 4.90 Å². The second kappa shape index (κ2) is 6.62. The molecule has 21 heavy (non-hydrogen) atoms. The Labute approximate surface area is 125 Å². The number of carbonyl (C=O) groups is 1. The Morgan fingerprint density at radius 3 is 2.67 bits per heavy atom. The molecule has 116 valence electrons. The Bertz CT molecular complexity index is 452. The van der Waals surface area contributed by atoms with Crippen LogP contribution in [0, 0.1) is 0 Å². The summed E-state index contributed by atoms with van der Waals surface area (Å²) in [5, 5.41) is 0. The molecule has 1 aliphatic carbocycles. The molecule has 2 fully saturated rings. The zero-order chi connectivity index (χ0) is 14.7. The number of methoxy groups -OCH3 is 1. The van der Waals surface area contributed by atoms with Gasteiger partial charge in [0.05, 0.1) is 12.4 Å². The smallest absolute Gasteiger partial charge is 0.289 e. The Morgan fingerprint density at radius 1 is 1.24 bits per heavy atom. The molecule has 1 aromatic heterocycles. The van der Waals surface area contributed by atoms with E-state index in [9.17, 15) is 4.79 Å². The van der Waals surface area contributed by atoms with Crippen LogP contribution < -0.4 is 0 Å². The minimum Gasteiger partial charge on any atom is -0.459 e. The number of ether oxygens (including phenoxy) is 1. The van der Waals surface area contributed by atoms with Crippen LogP contribution in [0.5, 0.6) is 0 Å². The van der Waals surface area contributed by atoms with Gasteiger partial charge in [-0.15, -0.1) is 0 Å². The van der Waals surface area contributed by atoms with Gasteiger partial charge in [0.25, 0.3) is 5.91 Å². The van der Waals surface area contributed by atoms with Crippen LogP contribution in [0.15, 0.2) is 22.8 Å². The monoisotopic (exact) mass is 292 g/mol. The normalized spacial score (nSPS) is 27.8. The van der Waals surface area contributed by atoms with Crippen molar-refractivity contribution in [3.05, 3.63) is 24.2 Å². The van der Waals surface area contributed by atoms with E-state index in [1.165, 1.54) is 19.3 Å². The van der Waals surface area contributed by atoms with E-state index in [-0.39, 0.29) is 5.91 Å². The maximum atomic E-state index is 12.3. The van der Waals surface area contributed by atoms with Crippen LogP contribution in [0.1, 0.15) is 36.2 Å². The van der Waals surface area contributed by atoms with E-state index in [0.717, 1.165) is 32.6 Å². The molecule has 0 radical (unpaired) electrons. The van der Waals surface area contributed by atoms with Gasteiger partial charge in [0.1, 0.15) is 0 Å². The third kappa shape index (κ3) is 3.14. The van der Waals surface area contributed by atoms with Crippen molar-refractivity contribution in [2.75, 3.05) is 33.3 Å². The summed E-state index contributed by atoms with van der Waals surface area (Å²) in [4.78, 5) is 16.6. The number of hydrogen-bond donors (Lipinski definition) is 0. The first-order chi connectivity index (χ1) is 10.3. The lowest BCUT2D eigenvalue weighted by Gasteiger charge is -2.43. The third-order valence-corrected chi connectivity index (χ3v) is 4.77. The molecule has 2 heterocycles. The van der Waals surface area contributed by atoms with Crippen molar-refractivity contribution in [3.8, 4) is 0 Å². The molecule has 0 N–H and O–H groups in total. The summed E-state index contributed by atoms with van der Waals surface area (Å²) in [7, 11) is 1.82. The lowest BCUT2D eigenvalue weighted by atomic mass is 9.91. The van der Waals surface area contributed by atoms with Crippen molar-refractivity contribution in [2.24, 2.45) is 0 Å². The number of rotatable bonds is 3. The predicted molar refractivity (Wildman–Crippen MR) is 79.2 cm³/mol. The molecule has 0 unspecified atom stereocenters. The minimum absolute atomic E-state index is 0.00610. The zero-order valence-corrected chi connectivity index (χ0v) is 12.7. The number of nitrogens with zero attached hydrogens (tertiary/aromatic N) is 2. The van der Waals surface area contributed by atoms with Crippen LogP contribution in [-0.4, -0.2) is 61.1 Å². The third-order valence-electron chi connectivity index (χ3n) is 4.77. The molecule has 5 nitrogen and oxygen atoms in total. The van der Waals surface area contributed by atoms with Crippen molar-refractivity contribution in [2.45, 2.75) is 37.8 Å². The Hall–Kier alpha value is -1.33. The quantitative estimate of drug-likeness (QED) is 0.855. The Kier molecular flexibility index (Phi) is 4.60. The highest BCUT2D eigenvalue weighted by molar-refractivity contribution is 5.91. The first-order valence-corrected chi connectivity index (χ1v) is 7.89. The number of piperazine rings is 1. The van der Waals surface area contributed by atoms with Gasteiger partial charge >= 0.3 is 0 Å². The summed E-state index contributed by atoms with van der Waals surface area (Å²) in [6.45, 7) is 3.40. The van der Waals surface area contributed by atoms with E-state index in [1.54, 1.807) is 18.4 Å². The van der Waals surface area contributed by atoms with Crippen LogP contribution >= 0.6 is 0 Å². The summed E-state index contributed by atoms with van der Waals surface area (Å²) >= 11 is 0. The van der Waals surface area contributed by atoms with Gasteiger partial charge in [-0.05, 0) is 25.0 Å². The van der Waals surface area contributed by atoms with Crippen molar-refractivity contribution in [3.63, 3.8) is 0 Å². The molecule has 1 saturated carbocycles. The van der Waals surface area contributed by atoms with E-state index in [0.29, 0.717) is 17.9 Å². The first-order valence-electron chi connectivity index (χ1n) is 7.89. The van der Waals surface area contributed by atoms with Gasteiger partial charge in [-0.2, -0.15) is 0 Å². The molecule has 1 aliphatic heterocycles. The van der Waals surface area contributed by atoms with Crippen LogP contribution in [0.3, 0.4) is 0 Å². The molecule has 2 atom stereocenters. The second-order valence-electron chi connectivity index (χ2n) is 5.93. The molecule has 1 saturated heterocycles. The fraction of sp³-hybridized carbons (Fsp3) is 0.688. The maximum Gasteiger partial charge on any atom is 0.289 e. The minimum atomic E-state index is 0.00610. The standard InChI is InChI=1S/C16H24N2O3/c1-20-14-6-3-2-5-13(14)17-8-10-18(11-9-17)16(19)15-7-4-12-21-15/h4,7,12-14H,2-3,5-6,8-11H2,1H3/t13-,14-/m0/s1. The van der Waals surface area contributed by atoms with Crippen LogP contribution in [0.4, 0.5) is 0 Å². The summed E-state index contributed by atoms with van der Waals surface area (Å²) in [6, 6.07) is 4.01. The maximum absolute atomic E-state index is 12.3. The fourth-order valence-electron chi connectivity index (χ4n) is 3.58. The van der Waals surface area contributed by atoms with Gasteiger partial charge in [-0.1, -0.05) is 12.8 Å². The molecular formula is C16H24N2O3. The van der Waals surface area contributed by atoms with Gasteiger partial charge in [0, 0.05) is 39.3 Å². The van der Waals surface area contributed by atoms with Crippen LogP contribution in [0.25, 0.3) is 0 Å². The molecular weight excluding hydrogens is 268 g/mol. The molecule has 2 aliphatic rings. The average Bonchev–Trinajstić information content (AvgIpc) is 3.09. The largest absolute Gasteiger partial charge is 0.459 e. The van der Waals surface area contributed by atoms with Crippen molar-refractivity contribution >= 4 is 5.91 Å². The average molecular weight is 292 g/mol. The van der Waals surface area contributed by atoms with Gasteiger partial charge in [-0.3, -0.25) is 9.69 Å².